The second-order valence-corrected chi connectivity index (χ2v) is 5.64. The normalized spacial score (nSPS) is 17.4. The highest BCUT2D eigenvalue weighted by Gasteiger charge is 2.25. The van der Waals surface area contributed by atoms with Gasteiger partial charge in [0.25, 0.3) is 0 Å². The van der Waals surface area contributed by atoms with Crippen LogP contribution in [0.5, 0.6) is 0 Å². The number of rotatable bonds is 5. The summed E-state index contributed by atoms with van der Waals surface area (Å²) in [5.74, 6) is 0.192. The van der Waals surface area contributed by atoms with E-state index in [9.17, 15) is 4.79 Å². The van der Waals surface area contributed by atoms with E-state index in [4.69, 9.17) is 5.26 Å². The molecule has 0 aliphatic heterocycles. The Morgan fingerprint density at radius 2 is 1.90 bits per heavy atom. The van der Waals surface area contributed by atoms with Crippen molar-refractivity contribution in [1.29, 1.82) is 5.26 Å². The van der Waals surface area contributed by atoms with E-state index in [1.807, 2.05) is 0 Å². The van der Waals surface area contributed by atoms with Gasteiger partial charge in [0.2, 0.25) is 5.78 Å². The monoisotopic (exact) mass is 271 g/mol. The Morgan fingerprint density at radius 1 is 1.25 bits per heavy atom. The molecule has 3 heteroatoms. The number of likely N-dealkylation sites (N-methyl/N-ethyl adjacent to an activating group) is 1. The van der Waals surface area contributed by atoms with Crippen LogP contribution in [0, 0.1) is 11.3 Å². The fourth-order valence-corrected chi connectivity index (χ4v) is 3.11. The molecule has 1 aliphatic carbocycles. The van der Waals surface area contributed by atoms with Gasteiger partial charge in [0.05, 0.1) is 24.2 Å². The van der Waals surface area contributed by atoms with Gasteiger partial charge in [-0.25, -0.2) is 0 Å². The van der Waals surface area contributed by atoms with Gasteiger partial charge in [-0.05, 0) is 56.9 Å². The molecule has 1 aromatic rings. The van der Waals surface area contributed by atoms with Crippen molar-refractivity contribution in [2.45, 2.75) is 45.1 Å². The Kier molecular flexibility index (Phi) is 5.31. The third kappa shape index (κ3) is 3.68. The van der Waals surface area contributed by atoms with Crippen LogP contribution in [-0.4, -0.2) is 24.9 Å². The number of hydrogen-bond donors (Lipinski definition) is 1. The average Bonchev–Trinajstić information content (AvgIpc) is 2.53. The Hall–Kier alpha value is -1.66. The highest BCUT2D eigenvalue weighted by Crippen LogP contribution is 2.15. The van der Waals surface area contributed by atoms with E-state index in [1.54, 1.807) is 24.3 Å². The van der Waals surface area contributed by atoms with Crippen LogP contribution < -0.4 is 4.90 Å². The summed E-state index contributed by atoms with van der Waals surface area (Å²) in [6.45, 7) is 3.75. The van der Waals surface area contributed by atoms with E-state index < -0.39 is 0 Å². The summed E-state index contributed by atoms with van der Waals surface area (Å²) in [5.41, 5.74) is 1.33. The van der Waals surface area contributed by atoms with Crippen molar-refractivity contribution < 1.29 is 9.69 Å². The highest BCUT2D eigenvalue weighted by molar-refractivity contribution is 5.96. The van der Waals surface area contributed by atoms with Gasteiger partial charge in [-0.15, -0.1) is 0 Å². The van der Waals surface area contributed by atoms with Gasteiger partial charge in [-0.3, -0.25) is 4.79 Å². The summed E-state index contributed by atoms with van der Waals surface area (Å²) in [5, 5.41) is 8.78. The molecule has 0 radical (unpaired) electrons. The lowest BCUT2D eigenvalue weighted by Crippen LogP contribution is -3.16. The van der Waals surface area contributed by atoms with E-state index in [1.165, 1.54) is 37.0 Å². The standard InChI is InChI=1S/C17H22N2O/c1-2-19(16-6-4-3-5-7-16)13-17(20)15-10-8-14(12-18)9-11-15/h8-11,16H,2-7,13H2,1H3/p+1. The van der Waals surface area contributed by atoms with Crippen LogP contribution in [0.2, 0.25) is 0 Å². The average molecular weight is 271 g/mol. The van der Waals surface area contributed by atoms with Crippen molar-refractivity contribution in [3.63, 3.8) is 0 Å². The van der Waals surface area contributed by atoms with Crippen LogP contribution in [0.15, 0.2) is 24.3 Å². The molecule has 1 atom stereocenters. The number of carbonyl (C=O) groups excluding carboxylic acids is 1. The van der Waals surface area contributed by atoms with Gasteiger partial charge < -0.3 is 4.90 Å². The summed E-state index contributed by atoms with van der Waals surface area (Å²) in [6, 6.07) is 9.72. The molecular formula is C17H23N2O+. The van der Waals surface area contributed by atoms with Crippen molar-refractivity contribution >= 4 is 5.78 Å². The van der Waals surface area contributed by atoms with Crippen LogP contribution in [0.4, 0.5) is 0 Å². The maximum absolute atomic E-state index is 12.4. The van der Waals surface area contributed by atoms with Crippen molar-refractivity contribution in [1.82, 2.24) is 0 Å². The number of Topliss-reactive ketones (excluding diaryl/α,β-unsaturated/α-hetero) is 1. The van der Waals surface area contributed by atoms with Gasteiger partial charge in [-0.1, -0.05) is 6.42 Å². The molecule has 0 aromatic heterocycles. The van der Waals surface area contributed by atoms with Crippen LogP contribution in [0.3, 0.4) is 0 Å². The van der Waals surface area contributed by atoms with E-state index in [-0.39, 0.29) is 5.78 Å². The van der Waals surface area contributed by atoms with Crippen LogP contribution in [-0.2, 0) is 0 Å². The number of carbonyl (C=O) groups is 1. The topological polar surface area (TPSA) is 45.3 Å². The molecule has 3 nitrogen and oxygen atoms in total. The maximum Gasteiger partial charge on any atom is 0.216 e. The molecule has 0 amide bonds. The molecule has 1 aliphatic rings. The lowest BCUT2D eigenvalue weighted by atomic mass is 9.94. The smallest absolute Gasteiger partial charge is 0.216 e. The number of hydrogen-bond acceptors (Lipinski definition) is 2. The molecule has 1 saturated carbocycles. The first kappa shape index (κ1) is 14.7. The Labute approximate surface area is 121 Å². The molecule has 106 valence electrons. The molecule has 0 bridgehead atoms. The molecule has 2 rings (SSSR count). The molecule has 0 spiro atoms. The van der Waals surface area contributed by atoms with Crippen molar-refractivity contribution in [2.24, 2.45) is 0 Å². The van der Waals surface area contributed by atoms with Gasteiger partial charge in [0.1, 0.15) is 6.54 Å². The van der Waals surface area contributed by atoms with Crippen LogP contribution in [0.1, 0.15) is 54.9 Å². The number of nitrogens with zero attached hydrogens (tertiary/aromatic N) is 1. The summed E-state index contributed by atoms with van der Waals surface area (Å²) in [4.78, 5) is 13.8. The molecule has 1 fully saturated rings. The van der Waals surface area contributed by atoms with E-state index in [2.05, 4.69) is 13.0 Å². The third-order valence-corrected chi connectivity index (χ3v) is 4.36. The minimum Gasteiger partial charge on any atom is -0.326 e. The fraction of sp³-hybridized carbons (Fsp3) is 0.529. The SMILES string of the molecule is CC[NH+](CC(=O)c1ccc(C#N)cc1)C1CCCCC1. The second-order valence-electron chi connectivity index (χ2n) is 5.64. The Bertz CT molecular complexity index is 481. The molecule has 1 aromatic carbocycles. The largest absolute Gasteiger partial charge is 0.326 e. The predicted molar refractivity (Wildman–Crippen MR) is 78.7 cm³/mol. The first-order valence-electron chi connectivity index (χ1n) is 7.62. The summed E-state index contributed by atoms with van der Waals surface area (Å²) >= 11 is 0. The lowest BCUT2D eigenvalue weighted by molar-refractivity contribution is -0.917. The zero-order valence-electron chi connectivity index (χ0n) is 12.2. The molecular weight excluding hydrogens is 248 g/mol. The summed E-state index contributed by atoms with van der Waals surface area (Å²) in [7, 11) is 0. The van der Waals surface area contributed by atoms with Gasteiger partial charge in [0, 0.05) is 5.56 Å². The third-order valence-electron chi connectivity index (χ3n) is 4.36. The molecule has 0 heterocycles. The number of quaternary nitrogens is 1. The van der Waals surface area contributed by atoms with E-state index in [0.717, 1.165) is 12.1 Å². The molecule has 1 unspecified atom stereocenters. The van der Waals surface area contributed by atoms with Gasteiger partial charge in [0.15, 0.2) is 0 Å². The van der Waals surface area contributed by atoms with Gasteiger partial charge in [-0.2, -0.15) is 5.26 Å². The molecule has 0 saturated heterocycles. The first-order chi connectivity index (χ1) is 9.74. The predicted octanol–water partition coefficient (Wildman–Crippen LogP) is 1.98. The number of nitriles is 1. The number of nitrogens with one attached hydrogen (secondary N) is 1. The second kappa shape index (κ2) is 7.21. The quantitative estimate of drug-likeness (QED) is 0.832. The maximum atomic E-state index is 12.4. The number of benzene rings is 1. The van der Waals surface area contributed by atoms with E-state index in [0.29, 0.717) is 18.2 Å². The van der Waals surface area contributed by atoms with Crippen LogP contribution >= 0.6 is 0 Å². The first-order valence-corrected chi connectivity index (χ1v) is 7.62. The van der Waals surface area contributed by atoms with Crippen LogP contribution in [0.25, 0.3) is 0 Å². The molecule has 20 heavy (non-hydrogen) atoms. The Balaban J connectivity index is 1.99. The highest BCUT2D eigenvalue weighted by atomic mass is 16.1. The van der Waals surface area contributed by atoms with E-state index >= 15 is 0 Å². The lowest BCUT2D eigenvalue weighted by Gasteiger charge is -2.30. The van der Waals surface area contributed by atoms with Gasteiger partial charge >= 0.3 is 0 Å². The van der Waals surface area contributed by atoms with Crippen molar-refractivity contribution in [3.8, 4) is 6.07 Å². The Morgan fingerprint density at radius 3 is 2.45 bits per heavy atom. The zero-order valence-corrected chi connectivity index (χ0v) is 12.2. The minimum atomic E-state index is 0.192. The summed E-state index contributed by atoms with van der Waals surface area (Å²) in [6.07, 6.45) is 6.46. The number of ketones is 1. The fourth-order valence-electron chi connectivity index (χ4n) is 3.11. The van der Waals surface area contributed by atoms with Crippen molar-refractivity contribution in [2.75, 3.05) is 13.1 Å². The molecule has 1 N–H and O–H groups in total. The summed E-state index contributed by atoms with van der Waals surface area (Å²) < 4.78 is 0. The zero-order chi connectivity index (χ0) is 14.4. The van der Waals surface area contributed by atoms with Crippen molar-refractivity contribution in [3.05, 3.63) is 35.4 Å². The minimum absolute atomic E-state index is 0.192.